The Bertz CT molecular complexity index is 572. The molecule has 6 heteroatoms. The van der Waals surface area contributed by atoms with Crippen LogP contribution in [0.15, 0.2) is 41.3 Å². The zero-order valence-corrected chi connectivity index (χ0v) is 8.45. The minimum absolute atomic E-state index is 0.288. The molecule has 0 radical (unpaired) electrons. The Hall–Kier alpha value is -2.11. The number of nitrogens with zero attached hydrogens (tertiary/aromatic N) is 1. The van der Waals surface area contributed by atoms with Gasteiger partial charge in [-0.2, -0.15) is 13.2 Å². The SMILES string of the molecule is O=c1cccc(-c2ccc(C(F)(F)F)cn2)[nH]1. The van der Waals surface area contributed by atoms with Crippen LogP contribution in [0.4, 0.5) is 13.2 Å². The van der Waals surface area contributed by atoms with Crippen molar-refractivity contribution in [2.75, 3.05) is 0 Å². The zero-order valence-electron chi connectivity index (χ0n) is 8.45. The molecule has 2 rings (SSSR count). The standard InChI is InChI=1S/C11H7F3N2O/c12-11(13,14)7-4-5-8(15-6-7)9-2-1-3-10(17)16-9/h1-6H,(H,16,17). The van der Waals surface area contributed by atoms with Gasteiger partial charge < -0.3 is 4.98 Å². The predicted molar refractivity (Wildman–Crippen MR) is 55.3 cm³/mol. The number of rotatable bonds is 1. The van der Waals surface area contributed by atoms with Crippen LogP contribution < -0.4 is 5.56 Å². The predicted octanol–water partition coefficient (Wildman–Crippen LogP) is 2.46. The highest BCUT2D eigenvalue weighted by molar-refractivity contribution is 5.53. The van der Waals surface area contributed by atoms with E-state index in [0.717, 1.165) is 12.3 Å². The van der Waals surface area contributed by atoms with E-state index < -0.39 is 11.7 Å². The molecule has 1 N–H and O–H groups in total. The fourth-order valence-corrected chi connectivity index (χ4v) is 1.32. The molecule has 2 aromatic rings. The summed E-state index contributed by atoms with van der Waals surface area (Å²) in [5, 5.41) is 0. The number of hydrogen-bond acceptors (Lipinski definition) is 2. The summed E-state index contributed by atoms with van der Waals surface area (Å²) in [6.45, 7) is 0. The summed E-state index contributed by atoms with van der Waals surface area (Å²) >= 11 is 0. The second-order valence-electron chi connectivity index (χ2n) is 3.36. The molecule has 17 heavy (non-hydrogen) atoms. The minimum atomic E-state index is -4.41. The summed E-state index contributed by atoms with van der Waals surface area (Å²) in [6, 6.07) is 6.53. The van der Waals surface area contributed by atoms with Crippen LogP contribution in [0.5, 0.6) is 0 Å². The third kappa shape index (κ3) is 2.52. The summed E-state index contributed by atoms with van der Waals surface area (Å²) in [6.07, 6.45) is -3.67. The Morgan fingerprint density at radius 3 is 2.41 bits per heavy atom. The Morgan fingerprint density at radius 2 is 1.88 bits per heavy atom. The highest BCUT2D eigenvalue weighted by atomic mass is 19.4. The van der Waals surface area contributed by atoms with E-state index >= 15 is 0 Å². The number of nitrogens with one attached hydrogen (secondary N) is 1. The second-order valence-corrected chi connectivity index (χ2v) is 3.36. The number of aromatic amines is 1. The van der Waals surface area contributed by atoms with E-state index in [1.807, 2.05) is 0 Å². The monoisotopic (exact) mass is 240 g/mol. The largest absolute Gasteiger partial charge is 0.417 e. The summed E-state index contributed by atoms with van der Waals surface area (Å²) in [5.41, 5.74) is -0.481. The smallest absolute Gasteiger partial charge is 0.321 e. The summed E-state index contributed by atoms with van der Waals surface area (Å²) in [7, 11) is 0. The molecule has 0 fully saturated rings. The second kappa shape index (κ2) is 4.04. The van der Waals surface area contributed by atoms with Crippen molar-refractivity contribution in [3.05, 3.63) is 52.4 Å². The van der Waals surface area contributed by atoms with Gasteiger partial charge in [-0.05, 0) is 18.2 Å². The summed E-state index contributed by atoms with van der Waals surface area (Å²) in [4.78, 5) is 17.2. The molecular formula is C11H7F3N2O. The van der Waals surface area contributed by atoms with Crippen molar-refractivity contribution in [3.63, 3.8) is 0 Å². The maximum absolute atomic E-state index is 12.3. The van der Waals surface area contributed by atoms with Gasteiger partial charge in [0.1, 0.15) is 0 Å². The number of aromatic nitrogens is 2. The maximum Gasteiger partial charge on any atom is 0.417 e. The van der Waals surface area contributed by atoms with Crippen molar-refractivity contribution in [1.29, 1.82) is 0 Å². The Kier molecular flexibility index (Phi) is 2.71. The van der Waals surface area contributed by atoms with Gasteiger partial charge in [0, 0.05) is 12.3 Å². The number of pyridine rings is 2. The first kappa shape index (κ1) is 11.4. The fraction of sp³-hybridized carbons (Fsp3) is 0.0909. The first-order valence-corrected chi connectivity index (χ1v) is 4.70. The molecule has 0 aromatic carbocycles. The lowest BCUT2D eigenvalue weighted by molar-refractivity contribution is -0.137. The third-order valence-corrected chi connectivity index (χ3v) is 2.14. The van der Waals surface area contributed by atoms with Crippen LogP contribution in [0.1, 0.15) is 5.56 Å². The number of H-pyrrole nitrogens is 1. The van der Waals surface area contributed by atoms with Crippen LogP contribution in [-0.2, 0) is 6.18 Å². The van der Waals surface area contributed by atoms with Gasteiger partial charge in [0.2, 0.25) is 5.56 Å². The first-order chi connectivity index (χ1) is 7.97. The first-order valence-electron chi connectivity index (χ1n) is 4.70. The minimum Gasteiger partial charge on any atom is -0.321 e. The van der Waals surface area contributed by atoms with Crippen molar-refractivity contribution >= 4 is 0 Å². The van der Waals surface area contributed by atoms with Gasteiger partial charge >= 0.3 is 6.18 Å². The molecule has 0 aliphatic heterocycles. The maximum atomic E-state index is 12.3. The van der Waals surface area contributed by atoms with E-state index in [1.54, 1.807) is 6.07 Å². The van der Waals surface area contributed by atoms with Crippen LogP contribution in [0.25, 0.3) is 11.4 Å². The summed E-state index contributed by atoms with van der Waals surface area (Å²) < 4.78 is 36.9. The molecule has 0 saturated carbocycles. The Morgan fingerprint density at radius 1 is 1.12 bits per heavy atom. The molecule has 0 aliphatic rings. The number of halogens is 3. The number of hydrogen-bond donors (Lipinski definition) is 1. The van der Waals surface area contributed by atoms with Crippen LogP contribution in [0.3, 0.4) is 0 Å². The third-order valence-electron chi connectivity index (χ3n) is 2.14. The average Bonchev–Trinajstić information content (AvgIpc) is 2.28. The van der Waals surface area contributed by atoms with E-state index in [9.17, 15) is 18.0 Å². The van der Waals surface area contributed by atoms with Crippen molar-refractivity contribution in [2.45, 2.75) is 6.18 Å². The molecular weight excluding hydrogens is 233 g/mol. The Balaban J connectivity index is 2.39. The quantitative estimate of drug-likeness (QED) is 0.832. The van der Waals surface area contributed by atoms with Crippen LogP contribution >= 0.6 is 0 Å². The molecule has 0 spiro atoms. The molecule has 0 atom stereocenters. The van der Waals surface area contributed by atoms with Crippen molar-refractivity contribution in [3.8, 4) is 11.4 Å². The molecule has 0 unspecified atom stereocenters. The molecule has 0 aliphatic carbocycles. The van der Waals surface area contributed by atoms with Gasteiger partial charge in [-0.25, -0.2) is 0 Å². The molecule has 0 amide bonds. The Labute approximate surface area is 94.0 Å². The topological polar surface area (TPSA) is 45.8 Å². The summed E-state index contributed by atoms with van der Waals surface area (Å²) in [5.74, 6) is 0. The average molecular weight is 240 g/mol. The normalized spacial score (nSPS) is 11.5. The van der Waals surface area contributed by atoms with Gasteiger partial charge in [0.15, 0.2) is 0 Å². The van der Waals surface area contributed by atoms with Crippen LogP contribution in [0, 0.1) is 0 Å². The van der Waals surface area contributed by atoms with Gasteiger partial charge in [-0.1, -0.05) is 6.07 Å². The fourth-order valence-electron chi connectivity index (χ4n) is 1.32. The van der Waals surface area contributed by atoms with Crippen molar-refractivity contribution in [1.82, 2.24) is 9.97 Å². The van der Waals surface area contributed by atoms with Crippen molar-refractivity contribution < 1.29 is 13.2 Å². The lowest BCUT2D eigenvalue weighted by Gasteiger charge is -2.06. The molecule has 2 aromatic heterocycles. The van der Waals surface area contributed by atoms with E-state index in [1.165, 1.54) is 18.2 Å². The van der Waals surface area contributed by atoms with E-state index in [2.05, 4.69) is 9.97 Å². The van der Waals surface area contributed by atoms with Crippen molar-refractivity contribution in [2.24, 2.45) is 0 Å². The molecule has 0 bridgehead atoms. The van der Waals surface area contributed by atoms with Gasteiger partial charge in [0.25, 0.3) is 0 Å². The molecule has 3 nitrogen and oxygen atoms in total. The van der Waals surface area contributed by atoms with E-state index in [-0.39, 0.29) is 11.3 Å². The van der Waals surface area contributed by atoms with Crippen LogP contribution in [0.2, 0.25) is 0 Å². The molecule has 2 heterocycles. The lowest BCUT2D eigenvalue weighted by Crippen LogP contribution is -2.07. The van der Waals surface area contributed by atoms with Crippen LogP contribution in [-0.4, -0.2) is 9.97 Å². The van der Waals surface area contributed by atoms with E-state index in [4.69, 9.17) is 0 Å². The van der Waals surface area contributed by atoms with Gasteiger partial charge in [-0.3, -0.25) is 9.78 Å². The number of alkyl halides is 3. The molecule has 0 saturated heterocycles. The highest BCUT2D eigenvalue weighted by Crippen LogP contribution is 2.29. The molecule has 88 valence electrons. The van der Waals surface area contributed by atoms with Gasteiger partial charge in [0.05, 0.1) is 17.0 Å². The van der Waals surface area contributed by atoms with Gasteiger partial charge in [-0.15, -0.1) is 0 Å². The zero-order chi connectivity index (χ0) is 12.5. The highest BCUT2D eigenvalue weighted by Gasteiger charge is 2.30. The van der Waals surface area contributed by atoms with E-state index in [0.29, 0.717) is 5.69 Å². The lowest BCUT2D eigenvalue weighted by atomic mass is 10.2.